The van der Waals surface area contributed by atoms with E-state index in [0.717, 1.165) is 0 Å². The zero-order chi connectivity index (χ0) is 17.5. The molecule has 1 aliphatic rings. The van der Waals surface area contributed by atoms with Gasteiger partial charge in [0.1, 0.15) is 12.4 Å². The van der Waals surface area contributed by atoms with Crippen LogP contribution in [-0.4, -0.2) is 42.3 Å². The third-order valence-electron chi connectivity index (χ3n) is 3.07. The molecule has 1 fully saturated rings. The smallest absolute Gasteiger partial charge is 0.333 e. The minimum absolute atomic E-state index is 0.0925. The summed E-state index contributed by atoms with van der Waals surface area (Å²) >= 11 is 7.32. The average Bonchev–Trinajstić information content (AvgIpc) is 2.89. The summed E-state index contributed by atoms with van der Waals surface area (Å²) in [6.07, 6.45) is 1.31. The first kappa shape index (κ1) is 18.2. The Labute approximate surface area is 149 Å². The largest absolute Gasteiger partial charge is 0.490 e. The maximum atomic E-state index is 11.9. The van der Waals surface area contributed by atoms with Crippen molar-refractivity contribution in [2.24, 2.45) is 0 Å². The second-order valence-corrected chi connectivity index (χ2v) is 6.08. The Morgan fingerprint density at radius 2 is 2.33 bits per heavy atom. The van der Waals surface area contributed by atoms with Crippen molar-refractivity contribution in [2.45, 2.75) is 6.92 Å². The van der Waals surface area contributed by atoms with E-state index in [0.29, 0.717) is 21.4 Å². The zero-order valence-electron chi connectivity index (χ0n) is 13.0. The summed E-state index contributed by atoms with van der Waals surface area (Å²) in [5, 5.41) is 9.68. The third-order valence-corrected chi connectivity index (χ3v) is 4.39. The molecule has 1 amide bonds. The van der Waals surface area contributed by atoms with Crippen LogP contribution in [0.5, 0.6) is 5.75 Å². The number of halogens is 1. The number of rotatable bonds is 6. The molecule has 0 atom stereocenters. The van der Waals surface area contributed by atoms with Crippen molar-refractivity contribution in [1.82, 2.24) is 4.90 Å². The fourth-order valence-corrected chi connectivity index (χ4v) is 3.18. The summed E-state index contributed by atoms with van der Waals surface area (Å²) in [6.45, 7) is 2.49. The van der Waals surface area contributed by atoms with Gasteiger partial charge in [0.25, 0.3) is 0 Å². The zero-order valence-corrected chi connectivity index (χ0v) is 14.5. The van der Waals surface area contributed by atoms with Crippen molar-refractivity contribution in [3.05, 3.63) is 39.9 Å². The lowest BCUT2D eigenvalue weighted by Crippen LogP contribution is -2.29. The number of hydrogen-bond acceptors (Lipinski definition) is 6. The number of nitrogens with zero attached hydrogens (tertiary/aromatic N) is 2. The lowest BCUT2D eigenvalue weighted by Gasteiger charge is -2.17. The summed E-state index contributed by atoms with van der Waals surface area (Å²) < 4.78 is 10.4. The van der Waals surface area contributed by atoms with Crippen LogP contribution in [0.15, 0.2) is 29.3 Å². The molecule has 8 heteroatoms. The Hall–Kier alpha value is -2.17. The molecule has 1 aromatic carbocycles. The minimum Gasteiger partial charge on any atom is -0.490 e. The van der Waals surface area contributed by atoms with Crippen LogP contribution in [0.2, 0.25) is 5.02 Å². The van der Waals surface area contributed by atoms with Gasteiger partial charge in [-0.25, -0.2) is 4.79 Å². The van der Waals surface area contributed by atoms with Gasteiger partial charge >= 0.3 is 5.97 Å². The number of amides is 1. The van der Waals surface area contributed by atoms with E-state index >= 15 is 0 Å². The van der Waals surface area contributed by atoms with E-state index in [1.807, 2.05) is 6.07 Å². The van der Waals surface area contributed by atoms with Gasteiger partial charge in [0.2, 0.25) is 5.91 Å². The lowest BCUT2D eigenvalue weighted by atomic mass is 10.2. The highest BCUT2D eigenvalue weighted by Crippen LogP contribution is 2.29. The Balaban J connectivity index is 1.96. The van der Waals surface area contributed by atoms with Crippen LogP contribution in [0.25, 0.3) is 0 Å². The Morgan fingerprint density at radius 1 is 1.54 bits per heavy atom. The summed E-state index contributed by atoms with van der Waals surface area (Å²) in [4.78, 5) is 24.9. The van der Waals surface area contributed by atoms with Crippen LogP contribution in [0, 0.1) is 11.3 Å². The highest BCUT2D eigenvalue weighted by atomic mass is 35.5. The van der Waals surface area contributed by atoms with Crippen molar-refractivity contribution in [3.63, 3.8) is 0 Å². The summed E-state index contributed by atoms with van der Waals surface area (Å²) in [5.74, 6) is 0.148. The van der Waals surface area contributed by atoms with Crippen molar-refractivity contribution in [3.8, 4) is 11.8 Å². The van der Waals surface area contributed by atoms with E-state index in [9.17, 15) is 9.59 Å². The molecule has 126 valence electrons. The molecule has 6 nitrogen and oxygen atoms in total. The highest BCUT2D eigenvalue weighted by molar-refractivity contribution is 8.04. The molecule has 0 saturated carbocycles. The summed E-state index contributed by atoms with van der Waals surface area (Å²) in [6, 6.07) is 6.71. The van der Waals surface area contributed by atoms with E-state index in [2.05, 4.69) is 0 Å². The molecule has 0 N–H and O–H groups in total. The number of carbonyl (C=O) groups is 2. The number of esters is 1. The predicted molar refractivity (Wildman–Crippen MR) is 90.5 cm³/mol. The van der Waals surface area contributed by atoms with Gasteiger partial charge in [0, 0.05) is 0 Å². The average molecular weight is 367 g/mol. The first-order valence-electron chi connectivity index (χ1n) is 7.19. The van der Waals surface area contributed by atoms with Gasteiger partial charge in [-0.1, -0.05) is 23.4 Å². The number of carbonyl (C=O) groups excluding carboxylic acids is 2. The van der Waals surface area contributed by atoms with Crippen LogP contribution < -0.4 is 4.74 Å². The topological polar surface area (TPSA) is 79.6 Å². The van der Waals surface area contributed by atoms with Gasteiger partial charge in [-0.15, -0.1) is 0 Å². The van der Waals surface area contributed by atoms with Gasteiger partial charge in [0.15, 0.2) is 0 Å². The van der Waals surface area contributed by atoms with E-state index in [1.165, 1.54) is 28.8 Å². The molecule has 1 aliphatic heterocycles. The molecule has 0 unspecified atom stereocenters. The maximum absolute atomic E-state index is 11.9. The number of thioether (sulfide) groups is 1. The quantitative estimate of drug-likeness (QED) is 0.568. The standard InChI is InChI=1S/C16H15ClN2O4S/c1-2-22-16(21)8-15-19(14(20)10-24-15)5-6-23-13-4-3-11(9-18)7-12(13)17/h3-4,7-8H,2,5-6,10H2,1H3/b15-8-. The Bertz CT molecular complexity index is 715. The molecule has 0 aliphatic carbocycles. The Kier molecular flexibility index (Phi) is 6.53. The molecular formula is C16H15ClN2O4S. The van der Waals surface area contributed by atoms with Gasteiger partial charge in [-0.05, 0) is 25.1 Å². The Morgan fingerprint density at radius 3 is 3.00 bits per heavy atom. The number of benzene rings is 1. The summed E-state index contributed by atoms with van der Waals surface area (Å²) in [7, 11) is 0. The van der Waals surface area contributed by atoms with Crippen LogP contribution >= 0.6 is 23.4 Å². The fourth-order valence-electron chi connectivity index (χ4n) is 1.99. The lowest BCUT2D eigenvalue weighted by molar-refractivity contribution is -0.137. The minimum atomic E-state index is -0.476. The number of nitriles is 1. The third kappa shape index (κ3) is 4.66. The number of ether oxygens (including phenoxy) is 2. The predicted octanol–water partition coefficient (Wildman–Crippen LogP) is 2.57. The normalized spacial score (nSPS) is 15.5. The number of hydrogen-bond donors (Lipinski definition) is 0. The van der Waals surface area contributed by atoms with Gasteiger partial charge in [-0.3, -0.25) is 4.79 Å². The van der Waals surface area contributed by atoms with Crippen molar-refractivity contribution >= 4 is 35.2 Å². The van der Waals surface area contributed by atoms with Crippen LogP contribution in [0.1, 0.15) is 12.5 Å². The molecule has 0 radical (unpaired) electrons. The molecule has 1 saturated heterocycles. The molecule has 0 aromatic heterocycles. The first-order chi connectivity index (χ1) is 11.5. The van der Waals surface area contributed by atoms with Crippen molar-refractivity contribution in [1.29, 1.82) is 5.26 Å². The second kappa shape index (κ2) is 8.62. The van der Waals surface area contributed by atoms with Crippen molar-refractivity contribution in [2.75, 3.05) is 25.5 Å². The molecule has 0 spiro atoms. The van der Waals surface area contributed by atoms with Gasteiger partial charge < -0.3 is 14.4 Å². The van der Waals surface area contributed by atoms with Crippen molar-refractivity contribution < 1.29 is 19.1 Å². The van der Waals surface area contributed by atoms with Crippen LogP contribution in [-0.2, 0) is 14.3 Å². The van der Waals surface area contributed by atoms with E-state index in [4.69, 9.17) is 26.3 Å². The molecule has 1 heterocycles. The van der Waals surface area contributed by atoms with E-state index in [-0.39, 0.29) is 31.4 Å². The SMILES string of the molecule is CCOC(=O)/C=C1\SCC(=O)N1CCOc1ccc(C#N)cc1Cl. The highest BCUT2D eigenvalue weighted by Gasteiger charge is 2.27. The maximum Gasteiger partial charge on any atom is 0.333 e. The van der Waals surface area contributed by atoms with Gasteiger partial charge in [0.05, 0.1) is 46.7 Å². The molecule has 1 aromatic rings. The first-order valence-corrected chi connectivity index (χ1v) is 8.55. The fraction of sp³-hybridized carbons (Fsp3) is 0.312. The molecule has 0 bridgehead atoms. The second-order valence-electron chi connectivity index (χ2n) is 4.67. The molecule has 24 heavy (non-hydrogen) atoms. The van der Waals surface area contributed by atoms with E-state index in [1.54, 1.807) is 19.1 Å². The monoisotopic (exact) mass is 366 g/mol. The summed E-state index contributed by atoms with van der Waals surface area (Å²) in [5.41, 5.74) is 0.443. The van der Waals surface area contributed by atoms with Crippen LogP contribution in [0.4, 0.5) is 0 Å². The van der Waals surface area contributed by atoms with Gasteiger partial charge in [-0.2, -0.15) is 5.26 Å². The molecule has 2 rings (SSSR count). The van der Waals surface area contributed by atoms with E-state index < -0.39 is 5.97 Å². The van der Waals surface area contributed by atoms with Crippen LogP contribution in [0.3, 0.4) is 0 Å². The molecular weight excluding hydrogens is 352 g/mol.